The van der Waals surface area contributed by atoms with Gasteiger partial charge in [-0.3, -0.25) is 10.1 Å². The van der Waals surface area contributed by atoms with Crippen LogP contribution in [0.25, 0.3) is 0 Å². The molecule has 0 aromatic carbocycles. The summed E-state index contributed by atoms with van der Waals surface area (Å²) < 4.78 is 0. The third-order valence-corrected chi connectivity index (χ3v) is 3.75. The number of allylic oxidation sites excluding steroid dienone is 1. The van der Waals surface area contributed by atoms with E-state index in [1.807, 2.05) is 0 Å². The van der Waals surface area contributed by atoms with E-state index in [0.29, 0.717) is 0 Å². The molecular weight excluding hydrogens is 270 g/mol. The Balaban J connectivity index is 2.84. The highest BCUT2D eigenvalue weighted by atomic mass is 16.6. The molecule has 8 nitrogen and oxygen atoms in total. The van der Waals surface area contributed by atoms with Crippen molar-refractivity contribution in [1.29, 1.82) is 0 Å². The minimum atomic E-state index is -1.77. The SMILES string of the molecule is CC1=CC[C@H]([N+](=O)[O-])[C@@H]([C@H](O)[C@@H](O)[C@@H](O)[C@H](O)CO)C1. The lowest BCUT2D eigenvalue weighted by Crippen LogP contribution is -2.52. The Morgan fingerprint density at radius 2 is 1.95 bits per heavy atom. The number of nitro groups is 1. The molecule has 0 heterocycles. The van der Waals surface area contributed by atoms with Crippen molar-refractivity contribution in [2.45, 2.75) is 50.2 Å². The van der Waals surface area contributed by atoms with Crippen LogP contribution < -0.4 is 0 Å². The van der Waals surface area contributed by atoms with Crippen LogP contribution in [0.2, 0.25) is 0 Å². The lowest BCUT2D eigenvalue weighted by atomic mass is 9.79. The minimum absolute atomic E-state index is 0.145. The van der Waals surface area contributed by atoms with Gasteiger partial charge in [0.25, 0.3) is 0 Å². The van der Waals surface area contributed by atoms with E-state index in [9.17, 15) is 30.5 Å². The first kappa shape index (κ1) is 17.0. The molecule has 0 aromatic heterocycles. The highest BCUT2D eigenvalue weighted by Crippen LogP contribution is 2.31. The summed E-state index contributed by atoms with van der Waals surface area (Å²) >= 11 is 0. The van der Waals surface area contributed by atoms with Gasteiger partial charge in [-0.2, -0.15) is 0 Å². The number of hydrogen-bond donors (Lipinski definition) is 5. The van der Waals surface area contributed by atoms with Crippen LogP contribution in [-0.2, 0) is 0 Å². The average Bonchev–Trinajstić information content (AvgIpc) is 2.43. The van der Waals surface area contributed by atoms with Gasteiger partial charge in [-0.1, -0.05) is 11.6 Å². The smallest absolute Gasteiger partial charge is 0.222 e. The summed E-state index contributed by atoms with van der Waals surface area (Å²) in [6.45, 7) is 0.981. The molecule has 116 valence electrons. The van der Waals surface area contributed by atoms with Crippen molar-refractivity contribution >= 4 is 0 Å². The number of nitrogens with zero attached hydrogens (tertiary/aromatic N) is 1. The van der Waals surface area contributed by atoms with Crippen LogP contribution in [0, 0.1) is 16.0 Å². The van der Waals surface area contributed by atoms with Gasteiger partial charge in [0, 0.05) is 11.3 Å². The zero-order valence-electron chi connectivity index (χ0n) is 11.2. The van der Waals surface area contributed by atoms with Gasteiger partial charge in [0.2, 0.25) is 6.04 Å². The predicted octanol–water partition coefficient (Wildman–Crippen LogP) is -1.58. The highest BCUT2D eigenvalue weighted by molar-refractivity contribution is 5.08. The van der Waals surface area contributed by atoms with E-state index in [2.05, 4.69) is 0 Å². The quantitative estimate of drug-likeness (QED) is 0.226. The van der Waals surface area contributed by atoms with Gasteiger partial charge in [0.05, 0.1) is 18.6 Å². The molecular formula is C12H21NO7. The van der Waals surface area contributed by atoms with Crippen molar-refractivity contribution < 1.29 is 30.5 Å². The molecule has 0 unspecified atom stereocenters. The van der Waals surface area contributed by atoms with Crippen molar-refractivity contribution in [3.63, 3.8) is 0 Å². The Kier molecular flexibility index (Phi) is 6.03. The molecule has 0 aromatic rings. The van der Waals surface area contributed by atoms with Crippen LogP contribution in [0.5, 0.6) is 0 Å². The van der Waals surface area contributed by atoms with Gasteiger partial charge < -0.3 is 25.5 Å². The molecule has 0 saturated heterocycles. The van der Waals surface area contributed by atoms with Crippen LogP contribution in [0.15, 0.2) is 11.6 Å². The molecule has 20 heavy (non-hydrogen) atoms. The largest absolute Gasteiger partial charge is 0.394 e. The zero-order valence-corrected chi connectivity index (χ0v) is 11.2. The third kappa shape index (κ3) is 3.74. The van der Waals surface area contributed by atoms with Crippen LogP contribution in [0.1, 0.15) is 19.8 Å². The molecule has 5 N–H and O–H groups in total. The third-order valence-electron chi connectivity index (χ3n) is 3.75. The van der Waals surface area contributed by atoms with E-state index in [1.165, 1.54) is 0 Å². The van der Waals surface area contributed by atoms with Gasteiger partial charge in [0.1, 0.15) is 18.3 Å². The molecule has 0 spiro atoms. The van der Waals surface area contributed by atoms with Crippen LogP contribution in [-0.4, -0.2) is 67.5 Å². The maximum atomic E-state index is 11.0. The molecule has 0 saturated carbocycles. The Morgan fingerprint density at radius 1 is 1.35 bits per heavy atom. The maximum Gasteiger partial charge on any atom is 0.222 e. The van der Waals surface area contributed by atoms with Gasteiger partial charge in [0.15, 0.2) is 0 Å². The van der Waals surface area contributed by atoms with Crippen molar-refractivity contribution in [3.05, 3.63) is 21.8 Å². The van der Waals surface area contributed by atoms with Gasteiger partial charge in [-0.15, -0.1) is 0 Å². The standard InChI is InChI=1S/C12H21NO7/c1-6-2-3-8(13(19)20)7(4-6)10(16)12(18)11(17)9(15)5-14/h2,7-12,14-18H,3-5H2,1H3/t7-,8-,9+,10-,11-,12+/m0/s1. The molecule has 0 amide bonds. The van der Waals surface area contributed by atoms with E-state index < -0.39 is 47.9 Å². The van der Waals surface area contributed by atoms with Gasteiger partial charge in [-0.05, 0) is 13.3 Å². The first-order valence-electron chi connectivity index (χ1n) is 6.41. The zero-order chi connectivity index (χ0) is 15.4. The fourth-order valence-electron chi connectivity index (χ4n) is 2.47. The average molecular weight is 291 g/mol. The second-order valence-electron chi connectivity index (χ2n) is 5.23. The molecule has 0 aliphatic heterocycles. The Labute approximate surface area is 116 Å². The van der Waals surface area contributed by atoms with Crippen LogP contribution >= 0.6 is 0 Å². The fourth-order valence-corrected chi connectivity index (χ4v) is 2.47. The molecule has 0 fully saturated rings. The molecule has 1 rings (SSSR count). The molecule has 8 heteroatoms. The maximum absolute atomic E-state index is 11.0. The van der Waals surface area contributed by atoms with Gasteiger partial charge >= 0.3 is 0 Å². The first-order chi connectivity index (χ1) is 9.29. The Hall–Kier alpha value is -1.06. The van der Waals surface area contributed by atoms with E-state index in [-0.39, 0.29) is 12.8 Å². The number of rotatable bonds is 6. The normalized spacial score (nSPS) is 29.2. The number of hydrogen-bond acceptors (Lipinski definition) is 7. The summed E-state index contributed by atoms with van der Waals surface area (Å²) in [4.78, 5) is 10.5. The van der Waals surface area contributed by atoms with Crippen molar-refractivity contribution in [2.24, 2.45) is 5.92 Å². The molecule has 1 aliphatic rings. The monoisotopic (exact) mass is 291 g/mol. The van der Waals surface area contributed by atoms with E-state index in [1.54, 1.807) is 13.0 Å². The predicted molar refractivity (Wildman–Crippen MR) is 68.4 cm³/mol. The summed E-state index contributed by atoms with van der Waals surface area (Å²) in [7, 11) is 0. The van der Waals surface area contributed by atoms with Crippen LogP contribution in [0.4, 0.5) is 0 Å². The van der Waals surface area contributed by atoms with Gasteiger partial charge in [-0.25, -0.2) is 0 Å². The fraction of sp³-hybridized carbons (Fsp3) is 0.833. The van der Waals surface area contributed by atoms with E-state index >= 15 is 0 Å². The number of aliphatic hydroxyl groups excluding tert-OH is 5. The summed E-state index contributed by atoms with van der Waals surface area (Å²) in [6.07, 6.45) is -4.64. The summed E-state index contributed by atoms with van der Waals surface area (Å²) in [5, 5.41) is 58.4. The topological polar surface area (TPSA) is 144 Å². The van der Waals surface area contributed by atoms with Crippen LogP contribution in [0.3, 0.4) is 0 Å². The minimum Gasteiger partial charge on any atom is -0.394 e. The molecule has 0 bridgehead atoms. The Morgan fingerprint density at radius 3 is 2.45 bits per heavy atom. The second kappa shape index (κ2) is 7.09. The van der Waals surface area contributed by atoms with E-state index in [4.69, 9.17) is 5.11 Å². The summed E-state index contributed by atoms with van der Waals surface area (Å²) in [5.41, 5.74) is 0.858. The molecule has 0 radical (unpaired) electrons. The highest BCUT2D eigenvalue weighted by Gasteiger charge is 2.43. The van der Waals surface area contributed by atoms with Crippen molar-refractivity contribution in [3.8, 4) is 0 Å². The van der Waals surface area contributed by atoms with Crippen molar-refractivity contribution in [1.82, 2.24) is 0 Å². The summed E-state index contributed by atoms with van der Waals surface area (Å²) in [6, 6.07) is -1.05. The first-order valence-corrected chi connectivity index (χ1v) is 6.41. The summed E-state index contributed by atoms with van der Waals surface area (Å²) in [5.74, 6) is -0.856. The number of aliphatic hydroxyl groups is 5. The van der Waals surface area contributed by atoms with E-state index in [0.717, 1.165) is 5.57 Å². The van der Waals surface area contributed by atoms with Crippen molar-refractivity contribution in [2.75, 3.05) is 6.61 Å². The lowest BCUT2D eigenvalue weighted by Gasteiger charge is -2.33. The lowest BCUT2D eigenvalue weighted by molar-refractivity contribution is -0.535. The molecule has 1 aliphatic carbocycles. The molecule has 6 atom stereocenters. The second-order valence-corrected chi connectivity index (χ2v) is 5.23. The Bertz CT molecular complexity index is 373.